The van der Waals surface area contributed by atoms with Gasteiger partial charge in [-0.05, 0) is 45.2 Å². The van der Waals surface area contributed by atoms with E-state index in [0.29, 0.717) is 18.4 Å². The molecule has 19 heavy (non-hydrogen) atoms. The highest BCUT2D eigenvalue weighted by atomic mass is 16.4. The average molecular weight is 265 g/mol. The Morgan fingerprint density at radius 3 is 2.74 bits per heavy atom. The molecule has 1 N–H and O–H groups in total. The van der Waals surface area contributed by atoms with E-state index in [1.807, 2.05) is 17.9 Å². The van der Waals surface area contributed by atoms with Crippen LogP contribution < -0.4 is 0 Å². The fourth-order valence-corrected chi connectivity index (χ4v) is 2.82. The van der Waals surface area contributed by atoms with Gasteiger partial charge >= 0.3 is 5.97 Å². The number of rotatable bonds is 5. The van der Waals surface area contributed by atoms with Crippen molar-refractivity contribution >= 4 is 5.97 Å². The minimum atomic E-state index is -0.675. The number of hydrogen-bond donors (Lipinski definition) is 1. The predicted octanol–water partition coefficient (Wildman–Crippen LogP) is 2.06. The highest BCUT2D eigenvalue weighted by Crippen LogP contribution is 2.28. The van der Waals surface area contributed by atoms with Crippen LogP contribution in [0.2, 0.25) is 0 Å². The van der Waals surface area contributed by atoms with Crippen molar-refractivity contribution in [3.8, 4) is 0 Å². The molecule has 1 atom stereocenters. The van der Waals surface area contributed by atoms with Crippen LogP contribution in [0.1, 0.15) is 44.2 Å². The van der Waals surface area contributed by atoms with Gasteiger partial charge in [-0.3, -0.25) is 14.4 Å². The molecule has 0 bridgehead atoms. The van der Waals surface area contributed by atoms with E-state index in [1.165, 1.54) is 5.56 Å². The molecule has 0 aromatic carbocycles. The van der Waals surface area contributed by atoms with Gasteiger partial charge in [0, 0.05) is 31.3 Å². The standard InChI is InChI=1S/C14H23N3O2/c1-11(13-9-15-16(2)10-13)17-7-5-12(6-8-17)3-4-14(18)19/h9-12H,3-8H2,1-2H3,(H,18,19). The zero-order valence-electron chi connectivity index (χ0n) is 11.7. The first-order valence-electron chi connectivity index (χ1n) is 7.00. The van der Waals surface area contributed by atoms with Gasteiger partial charge in [0.2, 0.25) is 0 Å². The van der Waals surface area contributed by atoms with Crippen LogP contribution in [0.4, 0.5) is 0 Å². The molecule has 0 aliphatic carbocycles. The summed E-state index contributed by atoms with van der Waals surface area (Å²) in [6.45, 7) is 4.33. The van der Waals surface area contributed by atoms with E-state index < -0.39 is 5.97 Å². The highest BCUT2D eigenvalue weighted by Gasteiger charge is 2.24. The lowest BCUT2D eigenvalue weighted by molar-refractivity contribution is -0.137. The van der Waals surface area contributed by atoms with E-state index in [9.17, 15) is 4.79 Å². The molecule has 1 aromatic heterocycles. The summed E-state index contributed by atoms with van der Waals surface area (Å²) < 4.78 is 1.84. The number of aliphatic carboxylic acids is 1. The first-order valence-corrected chi connectivity index (χ1v) is 7.00. The number of piperidine rings is 1. The van der Waals surface area contributed by atoms with Gasteiger partial charge in [-0.2, -0.15) is 5.10 Å². The molecule has 1 unspecified atom stereocenters. The van der Waals surface area contributed by atoms with E-state index in [2.05, 4.69) is 23.1 Å². The molecule has 5 heteroatoms. The third kappa shape index (κ3) is 3.80. The molecule has 1 fully saturated rings. The number of carboxylic acids is 1. The summed E-state index contributed by atoms with van der Waals surface area (Å²) in [6.07, 6.45) is 7.35. The van der Waals surface area contributed by atoms with Gasteiger partial charge in [0.25, 0.3) is 0 Å². The molecule has 1 aliphatic rings. The summed E-state index contributed by atoms with van der Waals surface area (Å²) >= 11 is 0. The molecule has 5 nitrogen and oxygen atoms in total. The molecule has 106 valence electrons. The average Bonchev–Trinajstić information content (AvgIpc) is 2.83. The monoisotopic (exact) mass is 265 g/mol. The van der Waals surface area contributed by atoms with Gasteiger partial charge in [0.15, 0.2) is 0 Å². The molecule has 0 spiro atoms. The van der Waals surface area contributed by atoms with Crippen molar-refractivity contribution in [2.45, 2.75) is 38.6 Å². The van der Waals surface area contributed by atoms with Crippen molar-refractivity contribution in [3.63, 3.8) is 0 Å². The van der Waals surface area contributed by atoms with Gasteiger partial charge in [0.05, 0.1) is 6.20 Å². The molecular formula is C14H23N3O2. The van der Waals surface area contributed by atoms with Crippen LogP contribution in [0.5, 0.6) is 0 Å². The first-order chi connectivity index (χ1) is 9.06. The summed E-state index contributed by atoms with van der Waals surface area (Å²) in [5.74, 6) is -0.0976. The lowest BCUT2D eigenvalue weighted by Crippen LogP contribution is -2.35. The van der Waals surface area contributed by atoms with Gasteiger partial charge < -0.3 is 5.11 Å². The lowest BCUT2D eigenvalue weighted by atomic mass is 9.91. The predicted molar refractivity (Wildman–Crippen MR) is 72.8 cm³/mol. The zero-order valence-corrected chi connectivity index (χ0v) is 11.7. The molecular weight excluding hydrogens is 242 g/mol. The molecule has 2 rings (SSSR count). The van der Waals surface area contributed by atoms with E-state index in [-0.39, 0.29) is 0 Å². The summed E-state index contributed by atoms with van der Waals surface area (Å²) in [5, 5.41) is 12.9. The van der Waals surface area contributed by atoms with Crippen molar-refractivity contribution < 1.29 is 9.90 Å². The van der Waals surface area contributed by atoms with E-state index in [4.69, 9.17) is 5.11 Å². The van der Waals surface area contributed by atoms with E-state index >= 15 is 0 Å². The summed E-state index contributed by atoms with van der Waals surface area (Å²) in [4.78, 5) is 13.0. The van der Waals surface area contributed by atoms with Crippen LogP contribution in [0.3, 0.4) is 0 Å². The largest absolute Gasteiger partial charge is 0.481 e. The van der Waals surface area contributed by atoms with E-state index in [0.717, 1.165) is 32.4 Å². The minimum Gasteiger partial charge on any atom is -0.481 e. The van der Waals surface area contributed by atoms with Crippen molar-refractivity contribution in [1.82, 2.24) is 14.7 Å². The maximum atomic E-state index is 10.6. The highest BCUT2D eigenvalue weighted by molar-refractivity contribution is 5.66. The molecule has 0 radical (unpaired) electrons. The molecule has 1 saturated heterocycles. The van der Waals surface area contributed by atoms with Crippen LogP contribution in [0.15, 0.2) is 12.4 Å². The molecule has 1 aromatic rings. The van der Waals surface area contributed by atoms with E-state index in [1.54, 1.807) is 0 Å². The number of carboxylic acid groups (broad SMARTS) is 1. The van der Waals surface area contributed by atoms with Crippen LogP contribution in [-0.4, -0.2) is 38.8 Å². The normalized spacial score (nSPS) is 19.5. The fraction of sp³-hybridized carbons (Fsp3) is 0.714. The Bertz CT molecular complexity index is 422. The number of likely N-dealkylation sites (tertiary alicyclic amines) is 1. The van der Waals surface area contributed by atoms with Crippen molar-refractivity contribution in [2.75, 3.05) is 13.1 Å². The third-order valence-electron chi connectivity index (χ3n) is 4.17. The van der Waals surface area contributed by atoms with Crippen molar-refractivity contribution in [3.05, 3.63) is 18.0 Å². The van der Waals surface area contributed by atoms with Crippen LogP contribution in [-0.2, 0) is 11.8 Å². The second-order valence-corrected chi connectivity index (χ2v) is 5.54. The fourth-order valence-electron chi connectivity index (χ4n) is 2.82. The summed E-state index contributed by atoms with van der Waals surface area (Å²) in [5.41, 5.74) is 1.26. The second kappa shape index (κ2) is 6.19. The first kappa shape index (κ1) is 14.1. The van der Waals surface area contributed by atoms with Gasteiger partial charge in [-0.25, -0.2) is 0 Å². The van der Waals surface area contributed by atoms with Gasteiger partial charge in [-0.1, -0.05) is 0 Å². The SMILES string of the molecule is CC(c1cnn(C)c1)N1CCC(CCC(=O)O)CC1. The Balaban J connectivity index is 1.81. The third-order valence-corrected chi connectivity index (χ3v) is 4.17. The Kier molecular flexibility index (Phi) is 4.58. The van der Waals surface area contributed by atoms with Crippen molar-refractivity contribution in [2.24, 2.45) is 13.0 Å². The Morgan fingerprint density at radius 2 is 2.21 bits per heavy atom. The molecule has 0 amide bonds. The van der Waals surface area contributed by atoms with Gasteiger partial charge in [0.1, 0.15) is 0 Å². The topological polar surface area (TPSA) is 58.4 Å². The zero-order chi connectivity index (χ0) is 13.8. The smallest absolute Gasteiger partial charge is 0.303 e. The van der Waals surface area contributed by atoms with Crippen LogP contribution in [0, 0.1) is 5.92 Å². The molecule has 2 heterocycles. The van der Waals surface area contributed by atoms with Crippen LogP contribution in [0.25, 0.3) is 0 Å². The Morgan fingerprint density at radius 1 is 1.53 bits per heavy atom. The maximum Gasteiger partial charge on any atom is 0.303 e. The maximum absolute atomic E-state index is 10.6. The minimum absolute atomic E-state index is 0.308. The number of carbonyl (C=O) groups is 1. The Labute approximate surface area is 114 Å². The number of aromatic nitrogens is 2. The molecule has 1 aliphatic heterocycles. The lowest BCUT2D eigenvalue weighted by Gasteiger charge is -2.35. The summed E-state index contributed by atoms with van der Waals surface area (Å²) in [7, 11) is 1.94. The Hall–Kier alpha value is -1.36. The van der Waals surface area contributed by atoms with Gasteiger partial charge in [-0.15, -0.1) is 0 Å². The quantitative estimate of drug-likeness (QED) is 0.885. The molecule has 0 saturated carbocycles. The number of hydrogen-bond acceptors (Lipinski definition) is 3. The van der Waals surface area contributed by atoms with Crippen LogP contribution >= 0.6 is 0 Å². The summed E-state index contributed by atoms with van der Waals surface area (Å²) in [6, 6.07) is 0.397. The number of aryl methyl sites for hydroxylation is 1. The van der Waals surface area contributed by atoms with Crippen molar-refractivity contribution in [1.29, 1.82) is 0 Å². The second-order valence-electron chi connectivity index (χ2n) is 5.54. The number of nitrogens with zero attached hydrogens (tertiary/aromatic N) is 3.